The molecule has 0 bridgehead atoms. The summed E-state index contributed by atoms with van der Waals surface area (Å²) in [6.45, 7) is 7.75. The average Bonchev–Trinajstić information content (AvgIpc) is 2.74. The summed E-state index contributed by atoms with van der Waals surface area (Å²) in [5.74, 6) is -0.193. The molecule has 0 saturated carbocycles. The van der Waals surface area contributed by atoms with Crippen LogP contribution in [-0.2, 0) is 17.9 Å². The van der Waals surface area contributed by atoms with Crippen LogP contribution in [0, 0.1) is 17.1 Å². The highest BCUT2D eigenvalue weighted by Crippen LogP contribution is 2.11. The smallest absolute Gasteiger partial charge is 0.237 e. The van der Waals surface area contributed by atoms with Crippen LogP contribution in [0.4, 0.5) is 4.39 Å². The van der Waals surface area contributed by atoms with Gasteiger partial charge in [-0.3, -0.25) is 14.6 Å². The molecule has 29 heavy (non-hydrogen) atoms. The Labute approximate surface area is 171 Å². The molecule has 1 heterocycles. The number of benzene rings is 2. The first-order valence-corrected chi connectivity index (χ1v) is 10.0. The van der Waals surface area contributed by atoms with Crippen LogP contribution >= 0.6 is 0 Å². The van der Waals surface area contributed by atoms with E-state index in [0.29, 0.717) is 25.2 Å². The fourth-order valence-corrected chi connectivity index (χ4v) is 3.57. The van der Waals surface area contributed by atoms with Crippen molar-refractivity contribution in [3.8, 4) is 6.07 Å². The fourth-order valence-electron chi connectivity index (χ4n) is 3.57. The van der Waals surface area contributed by atoms with Crippen molar-refractivity contribution in [3.05, 3.63) is 71.0 Å². The molecular formula is C23H27FN4O. The first-order chi connectivity index (χ1) is 14.1. The summed E-state index contributed by atoms with van der Waals surface area (Å²) in [6, 6.07) is 16.3. The molecule has 1 saturated heterocycles. The van der Waals surface area contributed by atoms with E-state index >= 15 is 0 Å². The molecule has 5 nitrogen and oxygen atoms in total. The zero-order chi connectivity index (χ0) is 20.6. The van der Waals surface area contributed by atoms with Crippen LogP contribution < -0.4 is 0 Å². The Morgan fingerprint density at radius 1 is 1.07 bits per heavy atom. The lowest BCUT2D eigenvalue weighted by molar-refractivity contribution is -0.133. The zero-order valence-electron chi connectivity index (χ0n) is 16.9. The molecule has 0 atom stereocenters. The minimum Gasteiger partial charge on any atom is -0.338 e. The second-order valence-corrected chi connectivity index (χ2v) is 7.40. The summed E-state index contributed by atoms with van der Waals surface area (Å²) in [5, 5.41) is 8.89. The Balaban J connectivity index is 1.46. The highest BCUT2D eigenvalue weighted by Gasteiger charge is 2.21. The van der Waals surface area contributed by atoms with Crippen LogP contribution in [0.3, 0.4) is 0 Å². The molecule has 0 unspecified atom stereocenters. The van der Waals surface area contributed by atoms with Crippen LogP contribution in [0.25, 0.3) is 0 Å². The molecule has 1 fully saturated rings. The molecule has 0 aliphatic carbocycles. The normalized spacial score (nSPS) is 15.1. The lowest BCUT2D eigenvalue weighted by Gasteiger charge is -2.35. The van der Waals surface area contributed by atoms with Gasteiger partial charge in [0.05, 0.1) is 18.2 Å². The molecule has 0 spiro atoms. The molecule has 2 aromatic rings. The van der Waals surface area contributed by atoms with Crippen LogP contribution in [0.5, 0.6) is 0 Å². The lowest BCUT2D eigenvalue weighted by Crippen LogP contribution is -2.49. The number of rotatable bonds is 7. The molecule has 1 aliphatic rings. The summed E-state index contributed by atoms with van der Waals surface area (Å²) in [6.07, 6.45) is 0. The first kappa shape index (κ1) is 21.0. The number of piperazine rings is 1. The summed E-state index contributed by atoms with van der Waals surface area (Å²) >= 11 is 0. The molecule has 152 valence electrons. The maximum Gasteiger partial charge on any atom is 0.237 e. The van der Waals surface area contributed by atoms with Gasteiger partial charge in [-0.05, 0) is 42.3 Å². The van der Waals surface area contributed by atoms with Gasteiger partial charge in [-0.25, -0.2) is 4.39 Å². The largest absolute Gasteiger partial charge is 0.338 e. The monoisotopic (exact) mass is 394 g/mol. The van der Waals surface area contributed by atoms with Gasteiger partial charge in [-0.15, -0.1) is 0 Å². The number of hydrogen-bond donors (Lipinski definition) is 0. The van der Waals surface area contributed by atoms with Gasteiger partial charge >= 0.3 is 0 Å². The molecule has 6 heteroatoms. The zero-order valence-corrected chi connectivity index (χ0v) is 16.9. The molecular weight excluding hydrogens is 367 g/mol. The van der Waals surface area contributed by atoms with E-state index in [0.717, 1.165) is 38.3 Å². The third-order valence-corrected chi connectivity index (χ3v) is 5.31. The number of nitriles is 1. The van der Waals surface area contributed by atoms with Crippen molar-refractivity contribution >= 4 is 5.91 Å². The van der Waals surface area contributed by atoms with Crippen LogP contribution in [0.2, 0.25) is 0 Å². The van der Waals surface area contributed by atoms with E-state index in [1.165, 1.54) is 17.7 Å². The summed E-state index contributed by atoms with van der Waals surface area (Å²) in [5.41, 5.74) is 2.68. The maximum absolute atomic E-state index is 13.4. The number of likely N-dealkylation sites (N-methyl/N-ethyl adjacent to an activating group) is 1. The quantitative estimate of drug-likeness (QED) is 0.725. The third-order valence-electron chi connectivity index (χ3n) is 5.31. The predicted octanol–water partition coefficient (Wildman–Crippen LogP) is 2.86. The van der Waals surface area contributed by atoms with E-state index in [1.54, 1.807) is 11.0 Å². The molecule has 2 aromatic carbocycles. The van der Waals surface area contributed by atoms with Gasteiger partial charge in [0.1, 0.15) is 5.82 Å². The summed E-state index contributed by atoms with van der Waals surface area (Å²) in [7, 11) is 0. The van der Waals surface area contributed by atoms with Crippen molar-refractivity contribution in [2.24, 2.45) is 0 Å². The molecule has 0 N–H and O–H groups in total. The number of halogens is 1. The first-order valence-electron chi connectivity index (χ1n) is 10.0. The fraction of sp³-hybridized carbons (Fsp3) is 0.391. The van der Waals surface area contributed by atoms with E-state index in [9.17, 15) is 9.18 Å². The molecule has 3 rings (SSSR count). The Bertz CT molecular complexity index is 854. The van der Waals surface area contributed by atoms with Crippen molar-refractivity contribution in [3.63, 3.8) is 0 Å². The highest BCUT2D eigenvalue weighted by molar-refractivity contribution is 5.78. The SMILES string of the molecule is CCN(Cc1cccc(F)c1)C(=O)CN1CCN(Cc2ccc(C#N)cc2)CC1. The third kappa shape index (κ3) is 6.11. The average molecular weight is 394 g/mol. The van der Waals surface area contributed by atoms with Gasteiger partial charge < -0.3 is 4.90 Å². The Morgan fingerprint density at radius 2 is 1.76 bits per heavy atom. The topological polar surface area (TPSA) is 50.6 Å². The van der Waals surface area contributed by atoms with Crippen LogP contribution in [-0.4, -0.2) is 59.9 Å². The summed E-state index contributed by atoms with van der Waals surface area (Å²) in [4.78, 5) is 19.0. The number of amides is 1. The Kier molecular flexibility index (Phi) is 7.34. The number of nitrogens with zero attached hydrogens (tertiary/aromatic N) is 4. The van der Waals surface area contributed by atoms with Gasteiger partial charge in [0.15, 0.2) is 0 Å². The molecule has 1 aliphatic heterocycles. The van der Waals surface area contributed by atoms with Crippen molar-refractivity contribution in [1.82, 2.24) is 14.7 Å². The minimum atomic E-state index is -0.274. The molecule has 0 aromatic heterocycles. The maximum atomic E-state index is 13.4. The summed E-state index contributed by atoms with van der Waals surface area (Å²) < 4.78 is 13.4. The van der Waals surface area contributed by atoms with Gasteiger partial charge in [0.25, 0.3) is 0 Å². The van der Waals surface area contributed by atoms with Crippen molar-refractivity contribution in [2.45, 2.75) is 20.0 Å². The van der Waals surface area contributed by atoms with Crippen molar-refractivity contribution in [2.75, 3.05) is 39.3 Å². The second kappa shape index (κ2) is 10.1. The molecule has 1 amide bonds. The highest BCUT2D eigenvalue weighted by atomic mass is 19.1. The van der Waals surface area contributed by atoms with E-state index in [-0.39, 0.29) is 11.7 Å². The van der Waals surface area contributed by atoms with E-state index in [4.69, 9.17) is 5.26 Å². The Hall–Kier alpha value is -2.75. The number of hydrogen-bond acceptors (Lipinski definition) is 4. The second-order valence-electron chi connectivity index (χ2n) is 7.40. The van der Waals surface area contributed by atoms with Crippen LogP contribution in [0.1, 0.15) is 23.6 Å². The van der Waals surface area contributed by atoms with Crippen molar-refractivity contribution in [1.29, 1.82) is 5.26 Å². The number of carbonyl (C=O) groups is 1. The van der Waals surface area contributed by atoms with E-state index in [2.05, 4.69) is 15.9 Å². The van der Waals surface area contributed by atoms with Crippen molar-refractivity contribution < 1.29 is 9.18 Å². The molecule has 0 radical (unpaired) electrons. The van der Waals surface area contributed by atoms with Gasteiger partial charge in [0, 0.05) is 45.8 Å². The van der Waals surface area contributed by atoms with Gasteiger partial charge in [-0.2, -0.15) is 5.26 Å². The Morgan fingerprint density at radius 3 is 2.38 bits per heavy atom. The van der Waals surface area contributed by atoms with E-state index < -0.39 is 0 Å². The lowest BCUT2D eigenvalue weighted by atomic mass is 10.1. The van der Waals surface area contributed by atoms with Crippen LogP contribution in [0.15, 0.2) is 48.5 Å². The minimum absolute atomic E-state index is 0.0808. The van der Waals surface area contributed by atoms with Gasteiger partial charge in [0.2, 0.25) is 5.91 Å². The van der Waals surface area contributed by atoms with Gasteiger partial charge in [-0.1, -0.05) is 24.3 Å². The van der Waals surface area contributed by atoms with E-state index in [1.807, 2.05) is 37.3 Å². The predicted molar refractivity (Wildman–Crippen MR) is 110 cm³/mol. The standard InChI is InChI=1S/C23H27FN4O/c1-2-28(17-21-4-3-5-22(24)14-21)23(29)18-27-12-10-26(11-13-27)16-20-8-6-19(15-25)7-9-20/h3-9,14H,2,10-13,16-18H2,1H3. The number of carbonyl (C=O) groups excluding carboxylic acids is 1.